The molecule has 1 aromatic carbocycles. The number of ether oxygens (including phenoxy) is 1. The minimum absolute atomic E-state index is 0.240. The monoisotopic (exact) mass is 450 g/mol. The summed E-state index contributed by atoms with van der Waals surface area (Å²) in [4.78, 5) is 0. The lowest BCUT2D eigenvalue weighted by atomic mass is 9.48. The van der Waals surface area contributed by atoms with Crippen LogP contribution in [0.15, 0.2) is 42.0 Å². The van der Waals surface area contributed by atoms with Gasteiger partial charge >= 0.3 is 0 Å². The molecule has 0 amide bonds. The van der Waals surface area contributed by atoms with Crippen LogP contribution in [0.4, 0.5) is 0 Å². The van der Waals surface area contributed by atoms with Gasteiger partial charge in [0.1, 0.15) is 11.4 Å². The van der Waals surface area contributed by atoms with Crippen molar-refractivity contribution < 1.29 is 9.84 Å². The number of para-hydroxylation sites is 1. The number of rotatable bonds is 7. The molecule has 1 heterocycles. The molecular formula is C31H46O2. The second-order valence-corrected chi connectivity index (χ2v) is 12.6. The smallest absolute Gasteiger partial charge is 0.127 e. The van der Waals surface area contributed by atoms with E-state index in [4.69, 9.17) is 4.74 Å². The highest BCUT2D eigenvalue weighted by molar-refractivity contribution is 5.60. The van der Waals surface area contributed by atoms with E-state index >= 15 is 0 Å². The molecule has 6 atom stereocenters. The second kappa shape index (κ2) is 9.25. The van der Waals surface area contributed by atoms with Crippen molar-refractivity contribution in [3.63, 3.8) is 0 Å². The highest BCUT2D eigenvalue weighted by atomic mass is 16.5. The summed E-state index contributed by atoms with van der Waals surface area (Å²) in [6.45, 7) is 14.2. The average molecular weight is 451 g/mol. The predicted octanol–water partition coefficient (Wildman–Crippen LogP) is 8.21. The number of fused-ring (bicyclic) bond motifs is 2. The van der Waals surface area contributed by atoms with Crippen molar-refractivity contribution in [1.82, 2.24) is 0 Å². The molecule has 0 radical (unpaired) electrons. The topological polar surface area (TPSA) is 29.5 Å². The van der Waals surface area contributed by atoms with Gasteiger partial charge in [-0.3, -0.25) is 0 Å². The van der Waals surface area contributed by atoms with E-state index < -0.39 is 0 Å². The van der Waals surface area contributed by atoms with Gasteiger partial charge in [0.15, 0.2) is 0 Å². The van der Waals surface area contributed by atoms with E-state index in [0.29, 0.717) is 22.7 Å². The van der Waals surface area contributed by atoms with Crippen molar-refractivity contribution in [1.29, 1.82) is 0 Å². The highest BCUT2D eigenvalue weighted by Gasteiger charge is 2.52. The summed E-state index contributed by atoms with van der Waals surface area (Å²) in [5.74, 6) is 2.52. The average Bonchev–Trinajstić information content (AvgIpc) is 2.75. The molecule has 1 aliphatic heterocycles. The normalized spacial score (nSPS) is 34.5. The van der Waals surface area contributed by atoms with Gasteiger partial charge in [0.05, 0.1) is 6.10 Å². The summed E-state index contributed by atoms with van der Waals surface area (Å²) < 4.78 is 6.33. The Morgan fingerprint density at radius 1 is 1.12 bits per heavy atom. The summed E-state index contributed by atoms with van der Waals surface area (Å²) in [5.41, 5.74) is 3.15. The quantitative estimate of drug-likeness (QED) is 0.424. The third-order valence-electron chi connectivity index (χ3n) is 9.64. The molecule has 1 N–H and O–H groups in total. The van der Waals surface area contributed by atoms with Crippen LogP contribution in [0.5, 0.6) is 5.75 Å². The van der Waals surface area contributed by atoms with Gasteiger partial charge in [-0.2, -0.15) is 0 Å². The van der Waals surface area contributed by atoms with Gasteiger partial charge < -0.3 is 9.84 Å². The Bertz CT molecular complexity index is 896. The van der Waals surface area contributed by atoms with Gasteiger partial charge in [0.2, 0.25) is 0 Å². The van der Waals surface area contributed by atoms with Crippen LogP contribution in [-0.2, 0) is 0 Å². The van der Waals surface area contributed by atoms with Crippen LogP contribution in [0.25, 0.3) is 6.08 Å². The van der Waals surface area contributed by atoms with E-state index in [0.717, 1.165) is 42.9 Å². The van der Waals surface area contributed by atoms with Crippen LogP contribution < -0.4 is 4.74 Å². The number of hydrogen-bond acceptors (Lipinski definition) is 2. The van der Waals surface area contributed by atoms with Gasteiger partial charge in [-0.15, -0.1) is 0 Å². The van der Waals surface area contributed by atoms with E-state index in [1.54, 1.807) is 0 Å². The number of aliphatic hydroxyl groups is 1. The fourth-order valence-corrected chi connectivity index (χ4v) is 7.43. The molecular weight excluding hydrogens is 404 g/mol. The van der Waals surface area contributed by atoms with Crippen molar-refractivity contribution in [3.05, 3.63) is 47.6 Å². The molecule has 0 spiro atoms. The molecule has 3 aliphatic rings. The van der Waals surface area contributed by atoms with Gasteiger partial charge in [0, 0.05) is 5.56 Å². The van der Waals surface area contributed by atoms with E-state index in [1.807, 2.05) is 6.07 Å². The molecule has 2 heteroatoms. The van der Waals surface area contributed by atoms with E-state index in [2.05, 4.69) is 78.0 Å². The molecule has 2 aliphatic carbocycles. The Balaban J connectivity index is 1.34. The maximum atomic E-state index is 11.3. The van der Waals surface area contributed by atoms with Crippen LogP contribution in [0.2, 0.25) is 0 Å². The SMILES string of the molecule is CC1=CCC2C(C)(C)CCCC2(C)C1CC(O)C(C)CCCC1(C)C=Cc2ccccc2O1. The number of benzene rings is 1. The first kappa shape index (κ1) is 24.6. The van der Waals surface area contributed by atoms with Crippen LogP contribution in [-0.4, -0.2) is 16.8 Å². The van der Waals surface area contributed by atoms with Gasteiger partial charge in [0.25, 0.3) is 0 Å². The maximum absolute atomic E-state index is 11.3. The maximum Gasteiger partial charge on any atom is 0.127 e. The van der Waals surface area contributed by atoms with Crippen molar-refractivity contribution >= 4 is 6.08 Å². The minimum Gasteiger partial charge on any atom is -0.483 e. The van der Waals surface area contributed by atoms with E-state index in [1.165, 1.54) is 31.3 Å². The van der Waals surface area contributed by atoms with E-state index in [9.17, 15) is 5.11 Å². The van der Waals surface area contributed by atoms with Crippen molar-refractivity contribution in [2.75, 3.05) is 0 Å². The Hall–Kier alpha value is -1.54. The number of aliphatic hydroxyl groups excluding tert-OH is 1. The molecule has 6 unspecified atom stereocenters. The summed E-state index contributed by atoms with van der Waals surface area (Å²) in [7, 11) is 0. The summed E-state index contributed by atoms with van der Waals surface area (Å²) in [6, 6.07) is 8.25. The molecule has 33 heavy (non-hydrogen) atoms. The van der Waals surface area contributed by atoms with Crippen molar-refractivity contribution in [3.8, 4) is 5.75 Å². The standard InChI is InChI=1S/C31H46O2/c1-22-14-15-28-29(3,4)17-10-19-31(28,6)25(22)21-26(32)23(2)11-9-18-30(5)20-16-24-12-7-8-13-27(24)33-30/h7-8,12-14,16,20,23,25-26,28,32H,9-11,15,17-19,21H2,1-6H3. The Morgan fingerprint density at radius 2 is 1.88 bits per heavy atom. The van der Waals surface area contributed by atoms with Crippen molar-refractivity contribution in [2.24, 2.45) is 28.6 Å². The third kappa shape index (κ3) is 4.97. The zero-order valence-electron chi connectivity index (χ0n) is 21.9. The first-order valence-corrected chi connectivity index (χ1v) is 13.4. The first-order valence-electron chi connectivity index (χ1n) is 13.4. The molecule has 0 aromatic heterocycles. The van der Waals surface area contributed by atoms with Crippen LogP contribution in [0, 0.1) is 28.6 Å². The molecule has 0 saturated heterocycles. The second-order valence-electron chi connectivity index (χ2n) is 12.6. The first-order chi connectivity index (χ1) is 15.5. The summed E-state index contributed by atoms with van der Waals surface area (Å²) in [5, 5.41) is 11.3. The highest BCUT2D eigenvalue weighted by Crippen LogP contribution is 2.60. The molecule has 182 valence electrons. The van der Waals surface area contributed by atoms with Crippen molar-refractivity contribution in [2.45, 2.75) is 105 Å². The lowest BCUT2D eigenvalue weighted by Crippen LogP contribution is -2.49. The molecule has 1 aromatic rings. The molecule has 0 bridgehead atoms. The number of hydrogen-bond donors (Lipinski definition) is 1. The summed E-state index contributed by atoms with van der Waals surface area (Å²) >= 11 is 0. The zero-order valence-corrected chi connectivity index (χ0v) is 21.9. The number of allylic oxidation sites excluding steroid dienone is 2. The van der Waals surface area contributed by atoms with Crippen LogP contribution in [0.3, 0.4) is 0 Å². The Morgan fingerprint density at radius 3 is 2.67 bits per heavy atom. The minimum atomic E-state index is -0.254. The summed E-state index contributed by atoms with van der Waals surface area (Å²) in [6.07, 6.45) is 15.8. The molecule has 4 rings (SSSR count). The third-order valence-corrected chi connectivity index (χ3v) is 9.64. The fourth-order valence-electron chi connectivity index (χ4n) is 7.43. The molecule has 1 fully saturated rings. The molecule has 2 nitrogen and oxygen atoms in total. The Labute approximate surface area is 202 Å². The van der Waals surface area contributed by atoms with Gasteiger partial charge in [-0.1, -0.05) is 70.0 Å². The van der Waals surface area contributed by atoms with Gasteiger partial charge in [-0.25, -0.2) is 0 Å². The van der Waals surface area contributed by atoms with Gasteiger partial charge in [-0.05, 0) is 99.5 Å². The van der Waals surface area contributed by atoms with Crippen LogP contribution >= 0.6 is 0 Å². The molecule has 1 saturated carbocycles. The zero-order chi connectivity index (χ0) is 23.9. The predicted molar refractivity (Wildman–Crippen MR) is 139 cm³/mol. The van der Waals surface area contributed by atoms with E-state index in [-0.39, 0.29) is 11.7 Å². The largest absolute Gasteiger partial charge is 0.483 e. The van der Waals surface area contributed by atoms with Crippen LogP contribution in [0.1, 0.15) is 98.5 Å². The fraction of sp³-hybridized carbons (Fsp3) is 0.677. The lowest BCUT2D eigenvalue weighted by molar-refractivity contribution is -0.0543. The lowest BCUT2D eigenvalue weighted by Gasteiger charge is -2.57. The Kier molecular flexibility index (Phi) is 6.89.